The second-order valence-corrected chi connectivity index (χ2v) is 6.78. The number of nitrogens with zero attached hydrogens (tertiary/aromatic N) is 1. The van der Waals surface area contributed by atoms with Crippen LogP contribution in [0, 0.1) is 11.3 Å². The summed E-state index contributed by atoms with van der Waals surface area (Å²) >= 11 is 6.25. The largest absolute Gasteiger partial charge is 0.345 e. The minimum atomic E-state index is 0.0631. The van der Waals surface area contributed by atoms with E-state index in [0.29, 0.717) is 16.2 Å². The number of hydrogen-bond acceptors (Lipinski definition) is 2. The second kappa shape index (κ2) is 4.88. The fraction of sp³-hybridized carbons (Fsp3) is 0.500. The van der Waals surface area contributed by atoms with Crippen LogP contribution < -0.4 is 0 Å². The van der Waals surface area contributed by atoms with Crippen molar-refractivity contribution in [3.05, 3.63) is 29.0 Å². The van der Waals surface area contributed by atoms with Crippen molar-refractivity contribution >= 4 is 28.4 Å². The van der Waals surface area contributed by atoms with Crippen LogP contribution in [0.5, 0.6) is 0 Å². The monoisotopic (exact) mass is 290 g/mol. The average molecular weight is 291 g/mol. The number of carbonyl (C=O) groups excluding carboxylic acids is 1. The lowest BCUT2D eigenvalue weighted by Crippen LogP contribution is -2.34. The topological polar surface area (TPSA) is 45.8 Å². The van der Waals surface area contributed by atoms with Crippen molar-refractivity contribution in [3.8, 4) is 0 Å². The first-order valence-electron chi connectivity index (χ1n) is 7.16. The van der Waals surface area contributed by atoms with Gasteiger partial charge in [-0.15, -0.1) is 0 Å². The Morgan fingerprint density at radius 1 is 1.45 bits per heavy atom. The molecule has 1 N–H and O–H groups in total. The number of Topliss-reactive ketones (excluding diaryl/α,β-unsaturated/α-hetero) is 1. The number of rotatable bonds is 2. The fourth-order valence-corrected chi connectivity index (χ4v) is 3.63. The molecule has 3 rings (SSSR count). The molecule has 106 valence electrons. The molecule has 0 aliphatic heterocycles. The van der Waals surface area contributed by atoms with Gasteiger partial charge in [0.1, 0.15) is 5.65 Å². The van der Waals surface area contributed by atoms with Gasteiger partial charge in [-0.2, -0.15) is 0 Å². The summed E-state index contributed by atoms with van der Waals surface area (Å²) in [5.41, 5.74) is 1.45. The lowest BCUT2D eigenvalue weighted by atomic mass is 9.66. The van der Waals surface area contributed by atoms with E-state index in [1.807, 2.05) is 0 Å². The maximum absolute atomic E-state index is 12.9. The van der Waals surface area contributed by atoms with Crippen LogP contribution in [0.25, 0.3) is 11.0 Å². The van der Waals surface area contributed by atoms with Gasteiger partial charge in [-0.3, -0.25) is 4.79 Å². The van der Waals surface area contributed by atoms with Gasteiger partial charge in [0.2, 0.25) is 0 Å². The third-order valence-corrected chi connectivity index (χ3v) is 4.93. The molecular formula is C16H19ClN2O. The number of halogens is 1. The van der Waals surface area contributed by atoms with Crippen molar-refractivity contribution in [2.45, 2.75) is 39.5 Å². The molecule has 1 aliphatic carbocycles. The number of nitrogens with one attached hydrogen (secondary N) is 1. The van der Waals surface area contributed by atoms with Crippen LogP contribution in [0.15, 0.2) is 18.5 Å². The molecule has 1 atom stereocenters. The molecule has 1 saturated carbocycles. The van der Waals surface area contributed by atoms with E-state index in [4.69, 9.17) is 11.6 Å². The van der Waals surface area contributed by atoms with Crippen LogP contribution in [0.1, 0.15) is 49.9 Å². The first kappa shape index (κ1) is 13.6. The Kier molecular flexibility index (Phi) is 3.33. The van der Waals surface area contributed by atoms with Crippen LogP contribution in [-0.4, -0.2) is 15.8 Å². The molecule has 4 heteroatoms. The minimum absolute atomic E-state index is 0.0631. The maximum Gasteiger partial charge on any atom is 0.168 e. The lowest BCUT2D eigenvalue weighted by molar-refractivity contribution is 0.0699. The lowest BCUT2D eigenvalue weighted by Gasteiger charge is -2.37. The van der Waals surface area contributed by atoms with Crippen LogP contribution >= 0.6 is 11.6 Å². The summed E-state index contributed by atoms with van der Waals surface area (Å²) in [6.45, 7) is 4.40. The fourth-order valence-electron chi connectivity index (χ4n) is 3.38. The van der Waals surface area contributed by atoms with Crippen molar-refractivity contribution < 1.29 is 4.79 Å². The standard InChI is InChI=1S/C16H19ClN2O/c1-16(2)7-4-3-5-11(16)14(20)10-9-19-15-13(10)12(17)6-8-18-15/h6,8-9,11H,3-5,7H2,1-2H3,(H,18,19). The zero-order valence-corrected chi connectivity index (χ0v) is 12.6. The van der Waals surface area contributed by atoms with Gasteiger partial charge in [-0.05, 0) is 24.3 Å². The highest BCUT2D eigenvalue weighted by Gasteiger charge is 2.38. The number of H-pyrrole nitrogens is 1. The first-order chi connectivity index (χ1) is 9.50. The van der Waals surface area contributed by atoms with E-state index in [9.17, 15) is 4.79 Å². The Morgan fingerprint density at radius 2 is 2.25 bits per heavy atom. The summed E-state index contributed by atoms with van der Waals surface area (Å²) in [4.78, 5) is 20.2. The molecule has 0 aromatic carbocycles. The molecule has 3 nitrogen and oxygen atoms in total. The van der Waals surface area contributed by atoms with E-state index in [2.05, 4.69) is 23.8 Å². The predicted molar refractivity (Wildman–Crippen MR) is 81.2 cm³/mol. The molecule has 1 unspecified atom stereocenters. The van der Waals surface area contributed by atoms with Crippen molar-refractivity contribution in [1.29, 1.82) is 0 Å². The summed E-state index contributed by atoms with van der Waals surface area (Å²) in [5, 5.41) is 1.36. The van der Waals surface area contributed by atoms with Gasteiger partial charge in [-0.25, -0.2) is 4.98 Å². The highest BCUT2D eigenvalue weighted by molar-refractivity contribution is 6.36. The molecule has 0 saturated heterocycles. The van der Waals surface area contributed by atoms with Crippen molar-refractivity contribution in [1.82, 2.24) is 9.97 Å². The molecule has 1 fully saturated rings. The maximum atomic E-state index is 12.9. The minimum Gasteiger partial charge on any atom is -0.345 e. The first-order valence-corrected chi connectivity index (χ1v) is 7.54. The number of carbonyl (C=O) groups is 1. The summed E-state index contributed by atoms with van der Waals surface area (Å²) < 4.78 is 0. The molecule has 2 heterocycles. The Hall–Kier alpha value is -1.35. The van der Waals surface area contributed by atoms with Gasteiger partial charge in [0.25, 0.3) is 0 Å². The van der Waals surface area contributed by atoms with E-state index in [1.165, 1.54) is 6.42 Å². The van der Waals surface area contributed by atoms with Crippen LogP contribution in [-0.2, 0) is 0 Å². The van der Waals surface area contributed by atoms with Gasteiger partial charge in [0, 0.05) is 29.3 Å². The molecule has 2 aromatic rings. The number of pyridine rings is 1. The molecule has 0 radical (unpaired) electrons. The number of fused-ring (bicyclic) bond motifs is 1. The average Bonchev–Trinajstić information content (AvgIpc) is 2.83. The summed E-state index contributed by atoms with van der Waals surface area (Å²) in [6.07, 6.45) is 7.84. The molecule has 0 spiro atoms. The van der Waals surface area contributed by atoms with Gasteiger partial charge in [-0.1, -0.05) is 38.3 Å². The van der Waals surface area contributed by atoms with E-state index < -0.39 is 0 Å². The summed E-state index contributed by atoms with van der Waals surface area (Å²) in [5.74, 6) is 0.280. The summed E-state index contributed by atoms with van der Waals surface area (Å²) in [6, 6.07) is 1.74. The normalized spacial score (nSPS) is 22.1. The summed E-state index contributed by atoms with van der Waals surface area (Å²) in [7, 11) is 0. The van der Waals surface area contributed by atoms with Crippen molar-refractivity contribution in [3.63, 3.8) is 0 Å². The highest BCUT2D eigenvalue weighted by atomic mass is 35.5. The Morgan fingerprint density at radius 3 is 3.00 bits per heavy atom. The van der Waals surface area contributed by atoms with Gasteiger partial charge in [0.15, 0.2) is 5.78 Å². The molecular weight excluding hydrogens is 272 g/mol. The third-order valence-electron chi connectivity index (χ3n) is 4.61. The Labute approximate surface area is 123 Å². The van der Waals surface area contributed by atoms with Gasteiger partial charge >= 0.3 is 0 Å². The molecule has 0 amide bonds. The van der Waals surface area contributed by atoms with Crippen LogP contribution in [0.2, 0.25) is 5.02 Å². The van der Waals surface area contributed by atoms with E-state index in [-0.39, 0.29) is 17.1 Å². The number of aromatic amines is 1. The number of ketones is 1. The van der Waals surface area contributed by atoms with Gasteiger partial charge in [0.05, 0.1) is 5.02 Å². The highest BCUT2D eigenvalue weighted by Crippen LogP contribution is 2.43. The molecule has 20 heavy (non-hydrogen) atoms. The number of aromatic nitrogens is 2. The van der Waals surface area contributed by atoms with Crippen molar-refractivity contribution in [2.75, 3.05) is 0 Å². The SMILES string of the molecule is CC1(C)CCCCC1C(=O)c1c[nH]c2nccc(Cl)c12. The van der Waals surface area contributed by atoms with Gasteiger partial charge < -0.3 is 4.98 Å². The van der Waals surface area contributed by atoms with E-state index in [0.717, 1.165) is 24.6 Å². The quantitative estimate of drug-likeness (QED) is 0.821. The second-order valence-electron chi connectivity index (χ2n) is 6.37. The Bertz CT molecular complexity index is 660. The van der Waals surface area contributed by atoms with E-state index in [1.54, 1.807) is 18.5 Å². The van der Waals surface area contributed by atoms with Crippen molar-refractivity contribution in [2.24, 2.45) is 11.3 Å². The Balaban J connectivity index is 2.05. The zero-order valence-electron chi connectivity index (χ0n) is 11.9. The molecule has 2 aromatic heterocycles. The van der Waals surface area contributed by atoms with Crippen LogP contribution in [0.3, 0.4) is 0 Å². The molecule has 0 bridgehead atoms. The molecule has 1 aliphatic rings. The van der Waals surface area contributed by atoms with E-state index >= 15 is 0 Å². The third kappa shape index (κ3) is 2.14. The number of hydrogen-bond donors (Lipinski definition) is 1. The van der Waals surface area contributed by atoms with Crippen LogP contribution in [0.4, 0.5) is 0 Å². The predicted octanol–water partition coefficient (Wildman–Crippen LogP) is 4.62. The smallest absolute Gasteiger partial charge is 0.168 e. The zero-order chi connectivity index (χ0) is 14.3.